The van der Waals surface area contributed by atoms with E-state index in [4.69, 9.17) is 0 Å². The highest BCUT2D eigenvalue weighted by molar-refractivity contribution is 5.91. The molecule has 1 atom stereocenters. The molecule has 0 bridgehead atoms. The van der Waals surface area contributed by atoms with Crippen LogP contribution < -0.4 is 5.32 Å². The smallest absolute Gasteiger partial charge is 0.374 e. The van der Waals surface area contributed by atoms with Crippen molar-refractivity contribution in [3.63, 3.8) is 0 Å². The number of hydrogen-bond donors (Lipinski definition) is 2. The number of fused-ring (bicyclic) bond motifs is 1. The van der Waals surface area contributed by atoms with Gasteiger partial charge >= 0.3 is 6.18 Å². The number of pyridine rings is 1. The second-order valence-corrected chi connectivity index (χ2v) is 3.91. The molecule has 0 fully saturated rings. The lowest BCUT2D eigenvalue weighted by molar-refractivity contribution is -0.137. The van der Waals surface area contributed by atoms with Crippen LogP contribution in [0.15, 0.2) is 30.5 Å². The summed E-state index contributed by atoms with van der Waals surface area (Å²) < 4.78 is 37.6. The summed E-state index contributed by atoms with van der Waals surface area (Å²) in [5.74, 6) is 0. The highest BCUT2D eigenvalue weighted by Crippen LogP contribution is 2.32. The Balaban J connectivity index is 2.53. The third-order valence-electron chi connectivity index (χ3n) is 2.43. The fourth-order valence-corrected chi connectivity index (χ4v) is 1.68. The molecular weight excluding hydrogens is 245 g/mol. The zero-order chi connectivity index (χ0) is 13.3. The Labute approximate surface area is 101 Å². The van der Waals surface area contributed by atoms with E-state index in [1.54, 1.807) is 6.07 Å². The van der Waals surface area contributed by atoms with Crippen LogP contribution in [-0.4, -0.2) is 16.3 Å². The number of hydrogen-bond acceptors (Lipinski definition) is 3. The van der Waals surface area contributed by atoms with Crippen LogP contribution in [0.4, 0.5) is 18.9 Å². The van der Waals surface area contributed by atoms with Gasteiger partial charge in [-0.25, -0.2) is 0 Å². The molecule has 1 aromatic heterocycles. The van der Waals surface area contributed by atoms with Crippen LogP contribution in [0.1, 0.15) is 12.5 Å². The van der Waals surface area contributed by atoms with Gasteiger partial charge in [0.05, 0.1) is 11.1 Å². The van der Waals surface area contributed by atoms with Gasteiger partial charge in [-0.1, -0.05) is 6.07 Å². The molecule has 2 N–H and O–H groups in total. The number of nitrogens with zero attached hydrogens (tertiary/aromatic N) is 1. The first-order valence-electron chi connectivity index (χ1n) is 5.28. The van der Waals surface area contributed by atoms with Crippen molar-refractivity contribution in [3.8, 4) is 0 Å². The molecule has 0 radical (unpaired) electrons. The van der Waals surface area contributed by atoms with Crippen LogP contribution >= 0.6 is 0 Å². The van der Waals surface area contributed by atoms with E-state index in [2.05, 4.69) is 10.3 Å². The molecule has 1 heterocycles. The number of nitrogens with one attached hydrogen (secondary N) is 1. The minimum absolute atomic E-state index is 0.232. The Morgan fingerprint density at radius 1 is 1.28 bits per heavy atom. The van der Waals surface area contributed by atoms with E-state index in [0.29, 0.717) is 11.1 Å². The van der Waals surface area contributed by atoms with E-state index in [0.717, 1.165) is 12.1 Å². The molecule has 0 aliphatic carbocycles. The number of benzene rings is 1. The first-order valence-corrected chi connectivity index (χ1v) is 5.28. The van der Waals surface area contributed by atoms with Crippen LogP contribution in [0.25, 0.3) is 10.9 Å². The Bertz CT molecular complexity index is 567. The molecule has 1 aromatic carbocycles. The SMILES string of the molecule is CC(O)Nc1ccnc2cc(C(F)(F)F)ccc12. The maximum absolute atomic E-state index is 12.5. The van der Waals surface area contributed by atoms with Crippen molar-refractivity contribution in [1.82, 2.24) is 4.98 Å². The Hall–Kier alpha value is -1.82. The van der Waals surface area contributed by atoms with E-state index >= 15 is 0 Å². The number of anilines is 1. The van der Waals surface area contributed by atoms with Crippen LogP contribution in [0.5, 0.6) is 0 Å². The zero-order valence-corrected chi connectivity index (χ0v) is 9.49. The molecular formula is C12H11F3N2O. The van der Waals surface area contributed by atoms with Crippen molar-refractivity contribution in [1.29, 1.82) is 0 Å². The Morgan fingerprint density at radius 2 is 2.00 bits per heavy atom. The first kappa shape index (κ1) is 12.6. The van der Waals surface area contributed by atoms with Gasteiger partial charge in [0.25, 0.3) is 0 Å². The Morgan fingerprint density at radius 3 is 2.61 bits per heavy atom. The molecule has 0 saturated heterocycles. The number of halogens is 3. The summed E-state index contributed by atoms with van der Waals surface area (Å²) in [4.78, 5) is 3.90. The molecule has 0 aliphatic heterocycles. The van der Waals surface area contributed by atoms with E-state index in [1.165, 1.54) is 19.2 Å². The van der Waals surface area contributed by atoms with Gasteiger partial charge in [0.1, 0.15) is 6.23 Å². The molecule has 1 unspecified atom stereocenters. The highest BCUT2D eigenvalue weighted by atomic mass is 19.4. The van der Waals surface area contributed by atoms with E-state index < -0.39 is 18.0 Å². The highest BCUT2D eigenvalue weighted by Gasteiger charge is 2.30. The molecule has 6 heteroatoms. The quantitative estimate of drug-likeness (QED) is 0.812. The predicted octanol–water partition coefficient (Wildman–Crippen LogP) is 3.00. The van der Waals surface area contributed by atoms with E-state index in [9.17, 15) is 18.3 Å². The van der Waals surface area contributed by atoms with Crippen LogP contribution in [0.3, 0.4) is 0 Å². The topological polar surface area (TPSA) is 45.1 Å². The molecule has 3 nitrogen and oxygen atoms in total. The van der Waals surface area contributed by atoms with Gasteiger partial charge in [-0.3, -0.25) is 4.98 Å². The van der Waals surface area contributed by atoms with Crippen LogP contribution in [0, 0.1) is 0 Å². The van der Waals surface area contributed by atoms with E-state index in [-0.39, 0.29) is 5.52 Å². The van der Waals surface area contributed by atoms with Gasteiger partial charge < -0.3 is 10.4 Å². The standard InChI is InChI=1S/C12H11F3N2O/c1-7(18)17-10-4-5-16-11-6-8(12(13,14)15)2-3-9(10)11/h2-7,18H,1H3,(H,16,17). The summed E-state index contributed by atoms with van der Waals surface area (Å²) >= 11 is 0. The monoisotopic (exact) mass is 256 g/mol. The second-order valence-electron chi connectivity index (χ2n) is 3.91. The molecule has 18 heavy (non-hydrogen) atoms. The van der Waals surface area contributed by atoms with Gasteiger partial charge in [-0.15, -0.1) is 0 Å². The van der Waals surface area contributed by atoms with Crippen molar-refractivity contribution in [2.45, 2.75) is 19.3 Å². The van der Waals surface area contributed by atoms with Crippen LogP contribution in [0.2, 0.25) is 0 Å². The van der Waals surface area contributed by atoms with Crippen LogP contribution in [-0.2, 0) is 6.18 Å². The number of aromatic nitrogens is 1. The third-order valence-corrected chi connectivity index (χ3v) is 2.43. The predicted molar refractivity (Wildman–Crippen MR) is 62.0 cm³/mol. The van der Waals surface area contributed by atoms with E-state index in [1.807, 2.05) is 0 Å². The summed E-state index contributed by atoms with van der Waals surface area (Å²) in [6.45, 7) is 1.52. The molecule has 2 rings (SSSR count). The molecule has 96 valence electrons. The number of aliphatic hydroxyl groups is 1. The Kier molecular flexibility index (Phi) is 3.13. The van der Waals surface area contributed by atoms with Crippen molar-refractivity contribution >= 4 is 16.6 Å². The lowest BCUT2D eigenvalue weighted by atomic mass is 10.1. The second kappa shape index (κ2) is 4.45. The minimum atomic E-state index is -4.39. The maximum atomic E-state index is 12.5. The van der Waals surface area contributed by atoms with Gasteiger partial charge in [-0.05, 0) is 25.1 Å². The average molecular weight is 256 g/mol. The lowest BCUT2D eigenvalue weighted by Crippen LogP contribution is -2.13. The summed E-state index contributed by atoms with van der Waals surface area (Å²) in [5.41, 5.74) is 0.0379. The van der Waals surface area contributed by atoms with Crippen molar-refractivity contribution in [2.24, 2.45) is 0 Å². The van der Waals surface area contributed by atoms with Gasteiger partial charge in [0.15, 0.2) is 0 Å². The zero-order valence-electron chi connectivity index (χ0n) is 9.49. The molecule has 2 aromatic rings. The van der Waals surface area contributed by atoms with Crippen molar-refractivity contribution in [2.75, 3.05) is 5.32 Å². The fourth-order valence-electron chi connectivity index (χ4n) is 1.68. The largest absolute Gasteiger partial charge is 0.416 e. The van der Waals surface area contributed by atoms with Gasteiger partial charge in [0.2, 0.25) is 0 Å². The summed E-state index contributed by atoms with van der Waals surface area (Å²) in [5, 5.41) is 12.5. The van der Waals surface area contributed by atoms with Gasteiger partial charge in [0, 0.05) is 17.3 Å². The van der Waals surface area contributed by atoms with Crippen molar-refractivity contribution in [3.05, 3.63) is 36.0 Å². The molecule has 0 spiro atoms. The number of alkyl halides is 3. The molecule has 0 aliphatic rings. The molecule has 0 saturated carbocycles. The van der Waals surface area contributed by atoms with Gasteiger partial charge in [-0.2, -0.15) is 13.2 Å². The normalized spacial score (nSPS) is 13.6. The lowest BCUT2D eigenvalue weighted by Gasteiger charge is -2.13. The average Bonchev–Trinajstić information content (AvgIpc) is 2.27. The first-order chi connectivity index (χ1) is 8.38. The summed E-state index contributed by atoms with van der Waals surface area (Å²) in [6.07, 6.45) is -3.78. The third kappa shape index (κ3) is 2.53. The summed E-state index contributed by atoms with van der Waals surface area (Å²) in [7, 11) is 0. The maximum Gasteiger partial charge on any atom is 0.416 e. The molecule has 0 amide bonds. The number of aliphatic hydroxyl groups excluding tert-OH is 1. The fraction of sp³-hybridized carbons (Fsp3) is 0.250. The summed E-state index contributed by atoms with van der Waals surface area (Å²) in [6, 6.07) is 4.93. The number of rotatable bonds is 2. The van der Waals surface area contributed by atoms with Crippen molar-refractivity contribution < 1.29 is 18.3 Å². The minimum Gasteiger partial charge on any atom is -0.374 e.